The largest absolute Gasteiger partial charge is 0.497 e. The Labute approximate surface area is 117 Å². The van der Waals surface area contributed by atoms with Gasteiger partial charge in [-0.25, -0.2) is 0 Å². The van der Waals surface area contributed by atoms with Gasteiger partial charge in [0.15, 0.2) is 5.82 Å². The lowest BCUT2D eigenvalue weighted by molar-refractivity contribution is 0.102. The molecule has 6 heteroatoms. The van der Waals surface area contributed by atoms with Crippen molar-refractivity contribution in [1.29, 1.82) is 0 Å². The minimum absolute atomic E-state index is 0.272. The number of hydrogen-bond donors (Lipinski definition) is 1. The van der Waals surface area contributed by atoms with Gasteiger partial charge in [0.25, 0.3) is 5.91 Å². The molecule has 0 saturated carbocycles. The molecule has 0 fully saturated rings. The number of hydrogen-bond acceptors (Lipinski definition) is 4. The van der Waals surface area contributed by atoms with E-state index in [9.17, 15) is 4.79 Å². The number of aromatic nitrogens is 2. The molecule has 0 atom stereocenters. The molecule has 1 heterocycles. The molecule has 1 amide bonds. The Morgan fingerprint density at radius 3 is 2.70 bits per heavy atom. The van der Waals surface area contributed by atoms with E-state index in [1.54, 1.807) is 42.3 Å². The molecule has 0 unspecified atom stereocenters. The smallest absolute Gasteiger partial charge is 0.260 e. The maximum absolute atomic E-state index is 12.2. The zero-order valence-electron chi connectivity index (χ0n) is 11.7. The SMILES string of the molecule is CCn1ccc(NC(=O)c2ccc(OC)cc2OC)n1. The van der Waals surface area contributed by atoms with Crippen molar-refractivity contribution in [1.82, 2.24) is 9.78 Å². The van der Waals surface area contributed by atoms with Gasteiger partial charge in [0, 0.05) is 24.9 Å². The van der Waals surface area contributed by atoms with Crippen molar-refractivity contribution in [3.8, 4) is 11.5 Å². The lowest BCUT2D eigenvalue weighted by Gasteiger charge is -2.09. The van der Waals surface area contributed by atoms with Gasteiger partial charge < -0.3 is 14.8 Å². The number of carbonyl (C=O) groups excluding carboxylic acids is 1. The van der Waals surface area contributed by atoms with Crippen LogP contribution >= 0.6 is 0 Å². The number of aryl methyl sites for hydroxylation is 1. The summed E-state index contributed by atoms with van der Waals surface area (Å²) in [6.07, 6.45) is 1.81. The number of methoxy groups -OCH3 is 2. The van der Waals surface area contributed by atoms with E-state index in [4.69, 9.17) is 9.47 Å². The van der Waals surface area contributed by atoms with E-state index in [1.807, 2.05) is 6.92 Å². The highest BCUT2D eigenvalue weighted by atomic mass is 16.5. The third-order valence-corrected chi connectivity index (χ3v) is 2.86. The van der Waals surface area contributed by atoms with E-state index in [0.29, 0.717) is 22.9 Å². The van der Waals surface area contributed by atoms with Crippen LogP contribution in [0.3, 0.4) is 0 Å². The zero-order valence-corrected chi connectivity index (χ0v) is 11.7. The minimum Gasteiger partial charge on any atom is -0.497 e. The molecule has 2 rings (SSSR count). The van der Waals surface area contributed by atoms with E-state index < -0.39 is 0 Å². The summed E-state index contributed by atoms with van der Waals surface area (Å²) in [4.78, 5) is 12.2. The van der Waals surface area contributed by atoms with Crippen LogP contribution in [0.2, 0.25) is 0 Å². The molecule has 2 aromatic rings. The molecule has 6 nitrogen and oxygen atoms in total. The second-order valence-corrected chi connectivity index (χ2v) is 4.08. The second kappa shape index (κ2) is 6.10. The highest BCUT2D eigenvalue weighted by molar-refractivity contribution is 6.05. The molecule has 106 valence electrons. The van der Waals surface area contributed by atoms with Crippen LogP contribution in [0, 0.1) is 0 Å². The number of amides is 1. The maximum atomic E-state index is 12.2. The maximum Gasteiger partial charge on any atom is 0.260 e. The lowest BCUT2D eigenvalue weighted by atomic mass is 10.1. The van der Waals surface area contributed by atoms with Crippen LogP contribution in [-0.2, 0) is 6.54 Å². The average Bonchev–Trinajstić information content (AvgIpc) is 2.94. The van der Waals surface area contributed by atoms with Gasteiger partial charge in [-0.2, -0.15) is 5.10 Å². The molecule has 0 spiro atoms. The van der Waals surface area contributed by atoms with Crippen molar-refractivity contribution >= 4 is 11.7 Å². The molecule has 1 aromatic heterocycles. The van der Waals surface area contributed by atoms with Crippen molar-refractivity contribution in [2.24, 2.45) is 0 Å². The van der Waals surface area contributed by atoms with E-state index in [1.165, 1.54) is 7.11 Å². The van der Waals surface area contributed by atoms with Crippen LogP contribution in [-0.4, -0.2) is 29.9 Å². The summed E-state index contributed by atoms with van der Waals surface area (Å²) in [5, 5.41) is 6.94. The van der Waals surface area contributed by atoms with E-state index in [2.05, 4.69) is 10.4 Å². The van der Waals surface area contributed by atoms with Crippen LogP contribution < -0.4 is 14.8 Å². The van der Waals surface area contributed by atoms with Gasteiger partial charge >= 0.3 is 0 Å². The summed E-state index contributed by atoms with van der Waals surface area (Å²) < 4.78 is 12.0. The van der Waals surface area contributed by atoms with Gasteiger partial charge in [-0.05, 0) is 19.1 Å². The summed E-state index contributed by atoms with van der Waals surface area (Å²) in [6.45, 7) is 2.73. The molecular formula is C14H17N3O3. The first-order chi connectivity index (χ1) is 9.67. The van der Waals surface area contributed by atoms with Crippen molar-refractivity contribution in [3.05, 3.63) is 36.0 Å². The van der Waals surface area contributed by atoms with Crippen LogP contribution in [0.25, 0.3) is 0 Å². The topological polar surface area (TPSA) is 65.4 Å². The van der Waals surface area contributed by atoms with Crippen molar-refractivity contribution in [2.75, 3.05) is 19.5 Å². The Morgan fingerprint density at radius 1 is 1.30 bits per heavy atom. The van der Waals surface area contributed by atoms with Crippen molar-refractivity contribution < 1.29 is 14.3 Å². The Bertz CT molecular complexity index is 607. The molecule has 0 aliphatic rings. The third kappa shape index (κ3) is 2.90. The van der Waals surface area contributed by atoms with Crippen molar-refractivity contribution in [2.45, 2.75) is 13.5 Å². The van der Waals surface area contributed by atoms with Gasteiger partial charge in [0.2, 0.25) is 0 Å². The fourth-order valence-corrected chi connectivity index (χ4v) is 1.77. The first-order valence-electron chi connectivity index (χ1n) is 6.24. The first kappa shape index (κ1) is 13.9. The Morgan fingerprint density at radius 2 is 2.10 bits per heavy atom. The molecule has 1 aromatic carbocycles. The monoisotopic (exact) mass is 275 g/mol. The molecule has 0 radical (unpaired) electrons. The molecule has 0 aliphatic carbocycles. The summed E-state index contributed by atoms with van der Waals surface area (Å²) >= 11 is 0. The molecule has 0 bridgehead atoms. The van der Waals surface area contributed by atoms with Crippen molar-refractivity contribution in [3.63, 3.8) is 0 Å². The summed E-state index contributed by atoms with van der Waals surface area (Å²) in [5.41, 5.74) is 0.430. The predicted octanol–water partition coefficient (Wildman–Crippen LogP) is 2.17. The fourth-order valence-electron chi connectivity index (χ4n) is 1.77. The van der Waals surface area contributed by atoms with Gasteiger partial charge in [-0.15, -0.1) is 0 Å². The van der Waals surface area contributed by atoms with Crippen LogP contribution in [0.4, 0.5) is 5.82 Å². The number of carbonyl (C=O) groups is 1. The fraction of sp³-hybridized carbons (Fsp3) is 0.286. The molecular weight excluding hydrogens is 258 g/mol. The number of anilines is 1. The van der Waals surface area contributed by atoms with Crippen LogP contribution in [0.1, 0.15) is 17.3 Å². The number of nitrogens with zero attached hydrogens (tertiary/aromatic N) is 2. The highest BCUT2D eigenvalue weighted by Gasteiger charge is 2.14. The van der Waals surface area contributed by atoms with Gasteiger partial charge in [-0.3, -0.25) is 9.48 Å². The van der Waals surface area contributed by atoms with E-state index in [-0.39, 0.29) is 5.91 Å². The van der Waals surface area contributed by atoms with E-state index >= 15 is 0 Å². The minimum atomic E-state index is -0.272. The first-order valence-corrected chi connectivity index (χ1v) is 6.24. The third-order valence-electron chi connectivity index (χ3n) is 2.86. The summed E-state index contributed by atoms with van der Waals surface area (Å²) in [6, 6.07) is 6.78. The number of benzene rings is 1. The number of nitrogens with one attached hydrogen (secondary N) is 1. The highest BCUT2D eigenvalue weighted by Crippen LogP contribution is 2.25. The molecule has 1 N–H and O–H groups in total. The van der Waals surface area contributed by atoms with Gasteiger partial charge in [0.1, 0.15) is 11.5 Å². The standard InChI is InChI=1S/C14H17N3O3/c1-4-17-8-7-13(16-17)15-14(18)11-6-5-10(19-2)9-12(11)20-3/h5-9H,4H2,1-3H3,(H,15,16,18). The number of ether oxygens (including phenoxy) is 2. The van der Waals surface area contributed by atoms with E-state index in [0.717, 1.165) is 6.54 Å². The normalized spacial score (nSPS) is 10.2. The number of rotatable bonds is 5. The van der Waals surface area contributed by atoms with Crippen LogP contribution in [0.15, 0.2) is 30.5 Å². The summed E-state index contributed by atoms with van der Waals surface area (Å²) in [5.74, 6) is 1.33. The van der Waals surface area contributed by atoms with Crippen LogP contribution in [0.5, 0.6) is 11.5 Å². The van der Waals surface area contributed by atoms with Gasteiger partial charge in [0.05, 0.1) is 19.8 Å². The molecule has 0 saturated heterocycles. The summed E-state index contributed by atoms with van der Waals surface area (Å²) in [7, 11) is 3.07. The quantitative estimate of drug-likeness (QED) is 0.908. The average molecular weight is 275 g/mol. The Balaban J connectivity index is 2.20. The predicted molar refractivity (Wildman–Crippen MR) is 75.4 cm³/mol. The van der Waals surface area contributed by atoms with Gasteiger partial charge in [-0.1, -0.05) is 0 Å². The second-order valence-electron chi connectivity index (χ2n) is 4.08. The lowest BCUT2D eigenvalue weighted by Crippen LogP contribution is -2.14. The Kier molecular flexibility index (Phi) is 4.24. The molecule has 20 heavy (non-hydrogen) atoms. The zero-order chi connectivity index (χ0) is 14.5. The molecule has 0 aliphatic heterocycles. The Hall–Kier alpha value is -2.50.